The number of hydrogen-bond acceptors (Lipinski definition) is 4. The van der Waals surface area contributed by atoms with Gasteiger partial charge in [-0.1, -0.05) is 17.7 Å². The molecule has 20 heavy (non-hydrogen) atoms. The minimum atomic E-state index is -4.00. The molecular weight excluding hydrogens is 280 g/mol. The standard InChI is InChI=1S/C13H14N2O4S/c1-9-4-6-11(7-5-9)20(18,19)15-8-10(2)12(16)14(3)13(15)17/h4-8H,1-3H3. The van der Waals surface area contributed by atoms with Crippen LogP contribution in [0.2, 0.25) is 0 Å². The first-order valence-corrected chi connectivity index (χ1v) is 7.30. The van der Waals surface area contributed by atoms with Gasteiger partial charge in [0, 0.05) is 18.8 Å². The van der Waals surface area contributed by atoms with Crippen LogP contribution in [-0.2, 0) is 17.1 Å². The lowest BCUT2D eigenvalue weighted by molar-refractivity contribution is 0.578. The van der Waals surface area contributed by atoms with Crippen LogP contribution in [0.1, 0.15) is 11.1 Å². The van der Waals surface area contributed by atoms with E-state index in [-0.39, 0.29) is 10.5 Å². The average Bonchev–Trinajstić information content (AvgIpc) is 2.41. The molecule has 0 aliphatic heterocycles. The topological polar surface area (TPSA) is 78.1 Å². The summed E-state index contributed by atoms with van der Waals surface area (Å²) in [6.45, 7) is 3.29. The van der Waals surface area contributed by atoms with Gasteiger partial charge in [0.2, 0.25) is 0 Å². The van der Waals surface area contributed by atoms with Crippen LogP contribution in [0.5, 0.6) is 0 Å². The van der Waals surface area contributed by atoms with Crippen LogP contribution < -0.4 is 11.2 Å². The molecule has 106 valence electrons. The van der Waals surface area contributed by atoms with Crippen LogP contribution in [0.4, 0.5) is 0 Å². The first-order valence-electron chi connectivity index (χ1n) is 5.86. The second kappa shape index (κ2) is 4.75. The van der Waals surface area contributed by atoms with Gasteiger partial charge in [0.25, 0.3) is 15.6 Å². The third-order valence-electron chi connectivity index (χ3n) is 3.01. The minimum Gasteiger partial charge on any atom is -0.269 e. The van der Waals surface area contributed by atoms with Crippen LogP contribution in [0.3, 0.4) is 0 Å². The predicted octanol–water partition coefficient (Wildman–Crippen LogP) is 0.401. The van der Waals surface area contributed by atoms with E-state index in [1.807, 2.05) is 6.92 Å². The molecule has 0 saturated carbocycles. The fourth-order valence-corrected chi connectivity index (χ4v) is 3.11. The first kappa shape index (κ1) is 14.3. The van der Waals surface area contributed by atoms with Crippen molar-refractivity contribution in [2.45, 2.75) is 18.7 Å². The highest BCUT2D eigenvalue weighted by molar-refractivity contribution is 7.90. The first-order chi connectivity index (χ1) is 9.25. The second-order valence-electron chi connectivity index (χ2n) is 4.57. The van der Waals surface area contributed by atoms with Crippen molar-refractivity contribution in [2.75, 3.05) is 0 Å². The Morgan fingerprint density at radius 2 is 1.55 bits per heavy atom. The van der Waals surface area contributed by atoms with E-state index >= 15 is 0 Å². The van der Waals surface area contributed by atoms with Crippen LogP contribution in [0.15, 0.2) is 44.9 Å². The quantitative estimate of drug-likeness (QED) is 0.803. The molecule has 0 radical (unpaired) electrons. The summed E-state index contributed by atoms with van der Waals surface area (Å²) in [5, 5.41) is 0. The number of benzene rings is 1. The summed E-state index contributed by atoms with van der Waals surface area (Å²) in [5.41, 5.74) is -0.303. The summed E-state index contributed by atoms with van der Waals surface area (Å²) in [5.74, 6) is 0. The monoisotopic (exact) mass is 294 g/mol. The number of nitrogens with zero attached hydrogens (tertiary/aromatic N) is 2. The summed E-state index contributed by atoms with van der Waals surface area (Å²) in [7, 11) is -2.75. The van der Waals surface area contributed by atoms with Crippen molar-refractivity contribution in [2.24, 2.45) is 7.05 Å². The van der Waals surface area contributed by atoms with Crippen LogP contribution in [0.25, 0.3) is 0 Å². The van der Waals surface area contributed by atoms with E-state index in [0.29, 0.717) is 3.97 Å². The van der Waals surface area contributed by atoms with Gasteiger partial charge in [-0.15, -0.1) is 0 Å². The van der Waals surface area contributed by atoms with E-state index in [2.05, 4.69) is 0 Å². The van der Waals surface area contributed by atoms with Gasteiger partial charge in [0.15, 0.2) is 0 Å². The average molecular weight is 294 g/mol. The number of aromatic nitrogens is 2. The molecule has 1 aromatic heterocycles. The van der Waals surface area contributed by atoms with Gasteiger partial charge < -0.3 is 0 Å². The summed E-state index contributed by atoms with van der Waals surface area (Å²) in [4.78, 5) is 23.6. The molecule has 2 rings (SSSR count). The van der Waals surface area contributed by atoms with Crippen molar-refractivity contribution in [1.82, 2.24) is 8.54 Å². The number of aryl methyl sites for hydroxylation is 2. The number of hydrogen-bond donors (Lipinski definition) is 0. The summed E-state index contributed by atoms with van der Waals surface area (Å²) >= 11 is 0. The fraction of sp³-hybridized carbons (Fsp3) is 0.231. The van der Waals surface area contributed by atoms with E-state index in [1.54, 1.807) is 12.1 Å². The lowest BCUT2D eigenvalue weighted by Gasteiger charge is -2.10. The van der Waals surface area contributed by atoms with Gasteiger partial charge >= 0.3 is 5.69 Å². The zero-order valence-electron chi connectivity index (χ0n) is 11.3. The minimum absolute atomic E-state index is 0.00301. The highest BCUT2D eigenvalue weighted by atomic mass is 32.2. The summed E-state index contributed by atoms with van der Waals surface area (Å²) in [6.07, 6.45) is 1.06. The second-order valence-corrected chi connectivity index (χ2v) is 6.39. The Morgan fingerprint density at radius 1 is 1.00 bits per heavy atom. The van der Waals surface area contributed by atoms with Crippen molar-refractivity contribution in [3.63, 3.8) is 0 Å². The maximum absolute atomic E-state index is 12.4. The van der Waals surface area contributed by atoms with E-state index in [4.69, 9.17) is 0 Å². The molecule has 6 nitrogen and oxygen atoms in total. The summed E-state index contributed by atoms with van der Waals surface area (Å²) < 4.78 is 26.2. The largest absolute Gasteiger partial charge is 0.344 e. The van der Waals surface area contributed by atoms with Crippen molar-refractivity contribution in [3.05, 3.63) is 62.4 Å². The van der Waals surface area contributed by atoms with E-state index in [0.717, 1.165) is 16.3 Å². The van der Waals surface area contributed by atoms with Gasteiger partial charge in [0.1, 0.15) is 0 Å². The van der Waals surface area contributed by atoms with E-state index in [1.165, 1.54) is 26.1 Å². The Hall–Kier alpha value is -2.15. The molecule has 0 amide bonds. The van der Waals surface area contributed by atoms with Crippen LogP contribution in [0, 0.1) is 13.8 Å². The normalized spacial score (nSPS) is 11.6. The predicted molar refractivity (Wildman–Crippen MR) is 74.4 cm³/mol. The van der Waals surface area contributed by atoms with E-state index in [9.17, 15) is 18.0 Å². The van der Waals surface area contributed by atoms with Gasteiger partial charge in [-0.2, -0.15) is 3.97 Å². The Labute approximate surface area is 116 Å². The molecular formula is C13H14N2O4S. The highest BCUT2D eigenvalue weighted by Crippen LogP contribution is 2.12. The van der Waals surface area contributed by atoms with Crippen molar-refractivity contribution < 1.29 is 8.42 Å². The van der Waals surface area contributed by atoms with Crippen molar-refractivity contribution in [3.8, 4) is 0 Å². The smallest absolute Gasteiger partial charge is 0.269 e. The Balaban J connectivity index is 2.77. The molecule has 1 heterocycles. The fourth-order valence-electron chi connectivity index (χ4n) is 1.78. The molecule has 0 unspecified atom stereocenters. The molecule has 0 fully saturated rings. The third-order valence-corrected chi connectivity index (χ3v) is 4.65. The maximum Gasteiger partial charge on any atom is 0.344 e. The molecule has 0 atom stereocenters. The molecule has 0 aliphatic carbocycles. The van der Waals surface area contributed by atoms with Gasteiger partial charge in [-0.05, 0) is 26.0 Å². The van der Waals surface area contributed by atoms with Crippen LogP contribution in [-0.4, -0.2) is 17.0 Å². The molecule has 0 spiro atoms. The lowest BCUT2D eigenvalue weighted by Crippen LogP contribution is -2.41. The highest BCUT2D eigenvalue weighted by Gasteiger charge is 2.20. The molecule has 0 N–H and O–H groups in total. The molecule has 0 saturated heterocycles. The molecule has 2 aromatic rings. The van der Waals surface area contributed by atoms with Gasteiger partial charge in [0.05, 0.1) is 4.90 Å². The molecule has 7 heteroatoms. The Bertz CT molecular complexity index is 874. The van der Waals surface area contributed by atoms with Gasteiger partial charge in [-0.25, -0.2) is 13.2 Å². The summed E-state index contributed by atoms with van der Waals surface area (Å²) in [6, 6.07) is 6.15. The van der Waals surface area contributed by atoms with Crippen molar-refractivity contribution in [1.29, 1.82) is 0 Å². The lowest BCUT2D eigenvalue weighted by atomic mass is 10.2. The maximum atomic E-state index is 12.4. The Kier molecular flexibility index (Phi) is 3.39. The number of rotatable bonds is 2. The third kappa shape index (κ3) is 2.20. The van der Waals surface area contributed by atoms with Crippen LogP contribution >= 0.6 is 0 Å². The SMILES string of the molecule is Cc1ccc(S(=O)(=O)n2cc(C)c(=O)n(C)c2=O)cc1. The Morgan fingerprint density at radius 3 is 2.10 bits per heavy atom. The molecule has 0 bridgehead atoms. The zero-order valence-corrected chi connectivity index (χ0v) is 12.1. The zero-order chi connectivity index (χ0) is 15.1. The van der Waals surface area contributed by atoms with Crippen molar-refractivity contribution >= 4 is 10.0 Å². The molecule has 0 aliphatic rings. The molecule has 1 aromatic carbocycles. The van der Waals surface area contributed by atoms with Gasteiger partial charge in [-0.3, -0.25) is 9.36 Å². The van der Waals surface area contributed by atoms with E-state index < -0.39 is 21.3 Å².